The van der Waals surface area contributed by atoms with Crippen molar-refractivity contribution in [2.75, 3.05) is 5.75 Å². The van der Waals surface area contributed by atoms with Gasteiger partial charge in [-0.3, -0.25) is 4.79 Å². The number of carbonyl (C=O) groups is 1. The highest BCUT2D eigenvalue weighted by Crippen LogP contribution is 2.33. The zero-order valence-corrected chi connectivity index (χ0v) is 16.9. The van der Waals surface area contributed by atoms with Crippen molar-refractivity contribution >= 4 is 27.2 Å². The Kier molecular flexibility index (Phi) is 6.93. The van der Waals surface area contributed by atoms with Gasteiger partial charge in [-0.2, -0.15) is 13.2 Å². The molecule has 1 atom stereocenters. The van der Waals surface area contributed by atoms with Gasteiger partial charge in [0.25, 0.3) is 5.78 Å². The fourth-order valence-electron chi connectivity index (χ4n) is 2.89. The van der Waals surface area contributed by atoms with Crippen molar-refractivity contribution in [3.05, 3.63) is 70.2 Å². The monoisotopic (exact) mass is 432 g/mol. The van der Waals surface area contributed by atoms with Gasteiger partial charge in [0, 0.05) is 5.02 Å². The first-order chi connectivity index (χ1) is 12.9. The zero-order chi connectivity index (χ0) is 21.1. The van der Waals surface area contributed by atoms with Crippen molar-refractivity contribution in [3.8, 4) is 0 Å². The third-order valence-corrected chi connectivity index (χ3v) is 6.29. The zero-order valence-electron chi connectivity index (χ0n) is 15.3. The highest BCUT2D eigenvalue weighted by molar-refractivity contribution is 7.92. The van der Waals surface area contributed by atoms with E-state index in [4.69, 9.17) is 11.6 Å². The second kappa shape index (κ2) is 8.66. The van der Waals surface area contributed by atoms with E-state index in [-0.39, 0.29) is 5.56 Å². The van der Waals surface area contributed by atoms with Gasteiger partial charge in [-0.1, -0.05) is 61.8 Å². The molecule has 0 aliphatic carbocycles. The standard InChI is InChI=1S/C20H20ClF3O3S/c1-13(2)11-14-3-5-15(6-4-14)19(16-7-9-17(21)10-8-16)28(26,27)12-18(25)20(22,23)24/h3-10,13,19H,11-12H2,1-2H3. The van der Waals surface area contributed by atoms with E-state index in [1.54, 1.807) is 24.3 Å². The Morgan fingerprint density at radius 1 is 0.964 bits per heavy atom. The smallest absolute Gasteiger partial charge is 0.288 e. The summed E-state index contributed by atoms with van der Waals surface area (Å²) in [5.74, 6) is -3.51. The number of Topliss-reactive ketones (excluding diaryl/α,β-unsaturated/α-hetero) is 1. The molecule has 2 aromatic carbocycles. The third-order valence-electron chi connectivity index (χ3n) is 4.11. The minimum absolute atomic E-state index is 0.246. The van der Waals surface area contributed by atoms with Gasteiger partial charge in [-0.15, -0.1) is 0 Å². The summed E-state index contributed by atoms with van der Waals surface area (Å²) in [6, 6.07) is 12.4. The van der Waals surface area contributed by atoms with Crippen LogP contribution in [-0.2, 0) is 21.1 Å². The average molecular weight is 433 g/mol. The largest absolute Gasteiger partial charge is 0.451 e. The molecule has 28 heavy (non-hydrogen) atoms. The molecule has 0 N–H and O–H groups in total. The molecule has 0 fully saturated rings. The number of carbonyl (C=O) groups excluding carboxylic acids is 1. The summed E-state index contributed by atoms with van der Waals surface area (Å²) < 4.78 is 63.5. The minimum Gasteiger partial charge on any atom is -0.288 e. The number of halogens is 4. The van der Waals surface area contributed by atoms with Crippen molar-refractivity contribution in [2.24, 2.45) is 5.92 Å². The van der Waals surface area contributed by atoms with Gasteiger partial charge in [0.2, 0.25) is 0 Å². The lowest BCUT2D eigenvalue weighted by Crippen LogP contribution is -2.32. The van der Waals surface area contributed by atoms with Crippen LogP contribution < -0.4 is 0 Å². The Balaban J connectivity index is 2.48. The van der Waals surface area contributed by atoms with Gasteiger partial charge in [-0.05, 0) is 41.2 Å². The van der Waals surface area contributed by atoms with Crippen LogP contribution in [0.1, 0.15) is 35.8 Å². The van der Waals surface area contributed by atoms with Crippen LogP contribution in [0.4, 0.5) is 13.2 Å². The number of ketones is 1. The van der Waals surface area contributed by atoms with Crippen molar-refractivity contribution < 1.29 is 26.4 Å². The van der Waals surface area contributed by atoms with Crippen LogP contribution in [0.5, 0.6) is 0 Å². The number of sulfone groups is 1. The first-order valence-electron chi connectivity index (χ1n) is 8.56. The van der Waals surface area contributed by atoms with Crippen LogP contribution in [0, 0.1) is 5.92 Å². The molecule has 0 aliphatic heterocycles. The maximum absolute atomic E-state index is 12.8. The summed E-state index contributed by atoms with van der Waals surface area (Å²) >= 11 is 5.84. The van der Waals surface area contributed by atoms with Crippen molar-refractivity contribution in [1.29, 1.82) is 0 Å². The quantitative estimate of drug-likeness (QED) is 0.606. The molecule has 8 heteroatoms. The van der Waals surface area contributed by atoms with Gasteiger partial charge in [0.1, 0.15) is 11.0 Å². The molecule has 0 aliphatic rings. The summed E-state index contributed by atoms with van der Waals surface area (Å²) in [6.45, 7) is 4.08. The third kappa shape index (κ3) is 5.82. The summed E-state index contributed by atoms with van der Waals surface area (Å²) in [7, 11) is -4.47. The molecule has 0 saturated carbocycles. The topological polar surface area (TPSA) is 51.2 Å². The molecule has 0 amide bonds. The fraction of sp³-hybridized carbons (Fsp3) is 0.350. The lowest BCUT2D eigenvalue weighted by atomic mass is 9.99. The Morgan fingerprint density at radius 2 is 1.43 bits per heavy atom. The van der Waals surface area contributed by atoms with Crippen LogP contribution in [0.25, 0.3) is 0 Å². The molecular formula is C20H20ClF3O3S. The van der Waals surface area contributed by atoms with Crippen LogP contribution in [0.3, 0.4) is 0 Å². The van der Waals surface area contributed by atoms with Gasteiger partial charge in [0.15, 0.2) is 9.84 Å². The maximum Gasteiger partial charge on any atom is 0.451 e. The fourth-order valence-corrected chi connectivity index (χ4v) is 4.86. The molecule has 0 saturated heterocycles. The number of alkyl halides is 3. The highest BCUT2D eigenvalue weighted by atomic mass is 35.5. The second-order valence-electron chi connectivity index (χ2n) is 7.00. The molecule has 0 heterocycles. The maximum atomic E-state index is 12.8. The Morgan fingerprint density at radius 3 is 1.86 bits per heavy atom. The van der Waals surface area contributed by atoms with Crippen molar-refractivity contribution in [1.82, 2.24) is 0 Å². The van der Waals surface area contributed by atoms with Gasteiger partial charge < -0.3 is 0 Å². The SMILES string of the molecule is CC(C)Cc1ccc(C(c2ccc(Cl)cc2)S(=O)(=O)CC(=O)C(F)(F)F)cc1. The van der Waals surface area contributed by atoms with E-state index in [0.717, 1.165) is 12.0 Å². The Bertz CT molecular complexity index is 919. The number of hydrogen-bond donors (Lipinski definition) is 0. The predicted octanol–water partition coefficient (Wildman–Crippen LogP) is 5.17. The van der Waals surface area contributed by atoms with Crippen LogP contribution in [-0.4, -0.2) is 26.1 Å². The van der Waals surface area contributed by atoms with E-state index in [1.807, 2.05) is 13.8 Å². The molecule has 0 aromatic heterocycles. The van der Waals surface area contributed by atoms with E-state index < -0.39 is 32.8 Å². The first-order valence-corrected chi connectivity index (χ1v) is 10.7. The molecule has 0 spiro atoms. The Hall–Kier alpha value is -1.86. The lowest BCUT2D eigenvalue weighted by molar-refractivity contribution is -0.168. The normalized spacial score (nSPS) is 13.5. The van der Waals surface area contributed by atoms with Gasteiger partial charge >= 0.3 is 6.18 Å². The number of hydrogen-bond acceptors (Lipinski definition) is 3. The molecule has 152 valence electrons. The molecule has 3 nitrogen and oxygen atoms in total. The molecule has 0 radical (unpaired) electrons. The molecule has 2 aromatic rings. The predicted molar refractivity (Wildman–Crippen MR) is 103 cm³/mol. The van der Waals surface area contributed by atoms with Crippen LogP contribution in [0.2, 0.25) is 5.02 Å². The Labute approximate surface area is 167 Å². The lowest BCUT2D eigenvalue weighted by Gasteiger charge is -2.19. The first kappa shape index (κ1) is 22.4. The van der Waals surface area contributed by atoms with Crippen molar-refractivity contribution in [3.63, 3.8) is 0 Å². The highest BCUT2D eigenvalue weighted by Gasteiger charge is 2.43. The molecular weight excluding hydrogens is 413 g/mol. The minimum atomic E-state index is -5.21. The molecule has 2 rings (SSSR count). The second-order valence-corrected chi connectivity index (χ2v) is 9.52. The van der Waals surface area contributed by atoms with E-state index in [2.05, 4.69) is 0 Å². The van der Waals surface area contributed by atoms with E-state index >= 15 is 0 Å². The summed E-state index contributed by atoms with van der Waals surface area (Å²) in [4.78, 5) is 11.4. The number of rotatable bonds is 7. The molecule has 0 bridgehead atoms. The van der Waals surface area contributed by atoms with E-state index in [9.17, 15) is 26.4 Å². The van der Waals surface area contributed by atoms with Crippen molar-refractivity contribution in [2.45, 2.75) is 31.7 Å². The van der Waals surface area contributed by atoms with E-state index in [1.165, 1.54) is 24.3 Å². The number of benzene rings is 2. The van der Waals surface area contributed by atoms with Crippen LogP contribution >= 0.6 is 11.6 Å². The van der Waals surface area contributed by atoms with Gasteiger partial charge in [-0.25, -0.2) is 8.42 Å². The average Bonchev–Trinajstić information content (AvgIpc) is 2.56. The van der Waals surface area contributed by atoms with Gasteiger partial charge in [0.05, 0.1) is 0 Å². The van der Waals surface area contributed by atoms with Crippen LogP contribution in [0.15, 0.2) is 48.5 Å². The summed E-state index contributed by atoms with van der Waals surface area (Å²) in [5, 5.41) is -1.04. The molecule has 1 unspecified atom stereocenters. The van der Waals surface area contributed by atoms with E-state index in [0.29, 0.717) is 16.5 Å². The summed E-state index contributed by atoms with van der Waals surface area (Å²) in [6.07, 6.45) is -4.43. The summed E-state index contributed by atoms with van der Waals surface area (Å²) in [5.41, 5.74) is 1.53.